The molecule has 0 saturated heterocycles. The SMILES string of the molecule is C=C(C)c1[c-]cccc1.C=[C-]C.[Y]. The maximum atomic E-state index is 3.79. The Morgan fingerprint density at radius 3 is 2.23 bits per heavy atom. The molecule has 1 aromatic rings. The molecule has 0 aliphatic heterocycles. The van der Waals surface area contributed by atoms with E-state index < -0.39 is 0 Å². The van der Waals surface area contributed by atoms with E-state index in [1.165, 1.54) is 0 Å². The van der Waals surface area contributed by atoms with E-state index in [-0.39, 0.29) is 32.7 Å². The average molecular weight is 247 g/mol. The zero-order valence-corrected chi connectivity index (χ0v) is 11.1. The minimum absolute atomic E-state index is 0. The summed E-state index contributed by atoms with van der Waals surface area (Å²) in [6.07, 6.45) is 2.50. The number of hydrogen-bond acceptors (Lipinski definition) is 0. The molecule has 0 unspecified atom stereocenters. The number of benzene rings is 1. The van der Waals surface area contributed by atoms with Gasteiger partial charge in [0.2, 0.25) is 0 Å². The molecule has 0 atom stereocenters. The summed E-state index contributed by atoms with van der Waals surface area (Å²) in [5, 5.41) is 0. The van der Waals surface area contributed by atoms with E-state index in [0.717, 1.165) is 11.1 Å². The molecule has 0 amide bonds. The van der Waals surface area contributed by atoms with Gasteiger partial charge in [-0.15, -0.1) is 48.0 Å². The Hall–Kier alpha value is -0.196. The van der Waals surface area contributed by atoms with Gasteiger partial charge in [0.25, 0.3) is 0 Å². The van der Waals surface area contributed by atoms with Crippen LogP contribution in [0.5, 0.6) is 0 Å². The molecule has 0 nitrogen and oxygen atoms in total. The van der Waals surface area contributed by atoms with Crippen molar-refractivity contribution in [1.29, 1.82) is 0 Å². The predicted octanol–water partition coefficient (Wildman–Crippen LogP) is 3.51. The van der Waals surface area contributed by atoms with E-state index in [0.29, 0.717) is 0 Å². The quantitative estimate of drug-likeness (QED) is 0.666. The second-order valence-electron chi connectivity index (χ2n) is 2.41. The van der Waals surface area contributed by atoms with Crippen molar-refractivity contribution < 1.29 is 32.7 Å². The molecule has 1 aromatic carbocycles. The van der Waals surface area contributed by atoms with Gasteiger partial charge in [0.1, 0.15) is 0 Å². The normalized spacial score (nSPS) is 7.23. The summed E-state index contributed by atoms with van der Waals surface area (Å²) < 4.78 is 0. The Morgan fingerprint density at radius 2 is 2.00 bits per heavy atom. The van der Waals surface area contributed by atoms with Gasteiger partial charge in [0, 0.05) is 32.7 Å². The zero-order chi connectivity index (χ0) is 9.40. The second-order valence-corrected chi connectivity index (χ2v) is 2.41. The van der Waals surface area contributed by atoms with E-state index in [1.807, 2.05) is 31.2 Å². The van der Waals surface area contributed by atoms with Gasteiger partial charge in [-0.2, -0.15) is 6.92 Å². The van der Waals surface area contributed by atoms with Crippen molar-refractivity contribution in [2.45, 2.75) is 13.8 Å². The molecule has 1 heteroatoms. The van der Waals surface area contributed by atoms with Crippen LogP contribution in [0.4, 0.5) is 0 Å². The standard InChI is InChI=1S/C9H9.C3H5.Y/c1-8(2)9-6-4-3-5-7-9;1-3-2;/h3-6H,1H2,2H3;1H2,2H3;/q2*-1;. The molecule has 67 valence electrons. The van der Waals surface area contributed by atoms with Crippen molar-refractivity contribution >= 4 is 5.57 Å². The van der Waals surface area contributed by atoms with Gasteiger partial charge in [-0.3, -0.25) is 6.58 Å². The maximum absolute atomic E-state index is 3.79. The van der Waals surface area contributed by atoms with Crippen LogP contribution in [0.15, 0.2) is 37.4 Å². The van der Waals surface area contributed by atoms with Crippen LogP contribution in [-0.4, -0.2) is 0 Å². The predicted molar refractivity (Wildman–Crippen MR) is 54.5 cm³/mol. The third kappa shape index (κ3) is 8.14. The van der Waals surface area contributed by atoms with E-state index in [4.69, 9.17) is 0 Å². The van der Waals surface area contributed by atoms with Crippen molar-refractivity contribution in [3.63, 3.8) is 0 Å². The summed E-state index contributed by atoms with van der Waals surface area (Å²) in [5.41, 5.74) is 2.16. The smallest absolute Gasteiger partial charge is 0 e. The Bertz CT molecular complexity index is 237. The molecule has 0 N–H and O–H groups in total. The summed E-state index contributed by atoms with van der Waals surface area (Å²) in [4.78, 5) is 0. The van der Waals surface area contributed by atoms with Crippen molar-refractivity contribution in [3.05, 3.63) is 55.1 Å². The van der Waals surface area contributed by atoms with Crippen molar-refractivity contribution in [2.75, 3.05) is 0 Å². The summed E-state index contributed by atoms with van der Waals surface area (Å²) in [7, 11) is 0. The first-order chi connectivity index (χ1) is 5.72. The van der Waals surface area contributed by atoms with E-state index in [1.54, 1.807) is 6.92 Å². The summed E-state index contributed by atoms with van der Waals surface area (Å²) in [6.45, 7) is 10.8. The minimum atomic E-state index is 0. The average Bonchev–Trinajstić information content (AvgIpc) is 2.07. The molecule has 1 radical (unpaired) electrons. The third-order valence-electron chi connectivity index (χ3n) is 1.17. The fourth-order valence-electron chi connectivity index (χ4n) is 0.659. The molecule has 0 aromatic heterocycles. The molecule has 0 saturated carbocycles. The van der Waals surface area contributed by atoms with Crippen LogP contribution in [0.2, 0.25) is 0 Å². The van der Waals surface area contributed by atoms with Crippen LogP contribution in [0, 0.1) is 12.1 Å². The van der Waals surface area contributed by atoms with Gasteiger partial charge in [0.05, 0.1) is 0 Å². The Kier molecular flexibility index (Phi) is 11.6. The molecule has 0 aliphatic carbocycles. The fourth-order valence-corrected chi connectivity index (χ4v) is 0.659. The molecule has 1 rings (SSSR count). The topological polar surface area (TPSA) is 0 Å². The van der Waals surface area contributed by atoms with Crippen molar-refractivity contribution in [1.82, 2.24) is 0 Å². The molecule has 0 bridgehead atoms. The second kappa shape index (κ2) is 9.89. The van der Waals surface area contributed by atoms with Crippen LogP contribution >= 0.6 is 0 Å². The van der Waals surface area contributed by atoms with Gasteiger partial charge < -0.3 is 6.08 Å². The monoisotopic (exact) mass is 247 g/mol. The molecule has 13 heavy (non-hydrogen) atoms. The molecule has 0 heterocycles. The zero-order valence-electron chi connectivity index (χ0n) is 8.30. The molecule has 0 aliphatic rings. The minimum Gasteiger partial charge on any atom is -0.507 e. The Morgan fingerprint density at radius 1 is 1.46 bits per heavy atom. The van der Waals surface area contributed by atoms with Crippen LogP contribution in [-0.2, 0) is 32.7 Å². The first kappa shape index (κ1) is 15.3. The van der Waals surface area contributed by atoms with Crippen LogP contribution in [0.25, 0.3) is 5.57 Å². The van der Waals surface area contributed by atoms with Crippen LogP contribution in [0.3, 0.4) is 0 Å². The molecule has 0 spiro atoms. The summed E-state index contributed by atoms with van der Waals surface area (Å²) in [6, 6.07) is 10.9. The summed E-state index contributed by atoms with van der Waals surface area (Å²) >= 11 is 0. The number of hydrogen-bond donors (Lipinski definition) is 0. The van der Waals surface area contributed by atoms with Crippen molar-refractivity contribution in [3.8, 4) is 0 Å². The third-order valence-corrected chi connectivity index (χ3v) is 1.17. The molecular formula is C12H14Y-2. The van der Waals surface area contributed by atoms with Crippen molar-refractivity contribution in [2.24, 2.45) is 0 Å². The molecule has 0 fully saturated rings. The summed E-state index contributed by atoms with van der Waals surface area (Å²) in [5.74, 6) is 0. The van der Waals surface area contributed by atoms with E-state index in [2.05, 4.69) is 25.3 Å². The van der Waals surface area contributed by atoms with Gasteiger partial charge in [0.15, 0.2) is 0 Å². The van der Waals surface area contributed by atoms with Gasteiger partial charge in [-0.25, -0.2) is 0 Å². The Labute approximate surface area is 107 Å². The number of rotatable bonds is 1. The van der Waals surface area contributed by atoms with Crippen LogP contribution in [0.1, 0.15) is 19.4 Å². The number of allylic oxidation sites excluding steroid dienone is 2. The van der Waals surface area contributed by atoms with Gasteiger partial charge in [-0.1, -0.05) is 6.92 Å². The Balaban J connectivity index is 0. The van der Waals surface area contributed by atoms with E-state index >= 15 is 0 Å². The van der Waals surface area contributed by atoms with Crippen LogP contribution < -0.4 is 0 Å². The first-order valence-corrected chi connectivity index (χ1v) is 3.78. The molecular weight excluding hydrogens is 233 g/mol. The first-order valence-electron chi connectivity index (χ1n) is 3.78. The van der Waals surface area contributed by atoms with Gasteiger partial charge in [-0.05, 0) is 0 Å². The fraction of sp³-hybridized carbons (Fsp3) is 0.167. The van der Waals surface area contributed by atoms with E-state index in [9.17, 15) is 0 Å². The van der Waals surface area contributed by atoms with Gasteiger partial charge >= 0.3 is 0 Å². The maximum Gasteiger partial charge on any atom is 0 e. The largest absolute Gasteiger partial charge is 0.507 e.